The summed E-state index contributed by atoms with van der Waals surface area (Å²) in [6, 6.07) is 7.44. The average Bonchev–Trinajstić information content (AvgIpc) is 3.79. The lowest BCUT2D eigenvalue weighted by atomic mass is 9.96. The predicted molar refractivity (Wildman–Crippen MR) is 154 cm³/mol. The van der Waals surface area contributed by atoms with E-state index < -0.39 is 0 Å². The van der Waals surface area contributed by atoms with E-state index in [1.54, 1.807) is 46.2 Å². The van der Waals surface area contributed by atoms with Crippen LogP contribution in [0.1, 0.15) is 37.2 Å². The van der Waals surface area contributed by atoms with Crippen molar-refractivity contribution in [3.8, 4) is 5.75 Å². The molecule has 0 bridgehead atoms. The number of hydrogen-bond acceptors (Lipinski definition) is 8. The maximum atomic E-state index is 12.8. The molecule has 0 atom stereocenters. The van der Waals surface area contributed by atoms with E-state index in [4.69, 9.17) is 14.7 Å². The van der Waals surface area contributed by atoms with Crippen molar-refractivity contribution in [2.45, 2.75) is 31.6 Å². The molecule has 0 spiro atoms. The number of carbonyl (C=O) groups excluding carboxylic acids is 2. The number of fused-ring (bicyclic) bond motifs is 1. The van der Waals surface area contributed by atoms with Gasteiger partial charge in [-0.1, -0.05) is 0 Å². The number of anilines is 3. The van der Waals surface area contributed by atoms with Crippen molar-refractivity contribution in [2.75, 3.05) is 58.1 Å². The van der Waals surface area contributed by atoms with Gasteiger partial charge in [0.15, 0.2) is 12.4 Å². The third kappa shape index (κ3) is 5.73. The summed E-state index contributed by atoms with van der Waals surface area (Å²) >= 11 is 0. The second-order valence-electron chi connectivity index (χ2n) is 11.1. The van der Waals surface area contributed by atoms with Crippen LogP contribution in [0, 0.1) is 5.92 Å². The van der Waals surface area contributed by atoms with Gasteiger partial charge in [-0.05, 0) is 55.9 Å². The summed E-state index contributed by atoms with van der Waals surface area (Å²) in [4.78, 5) is 52.1. The summed E-state index contributed by atoms with van der Waals surface area (Å²) in [6.07, 6.45) is 5.71. The van der Waals surface area contributed by atoms with Crippen LogP contribution in [0.4, 0.5) is 17.5 Å². The van der Waals surface area contributed by atoms with Crippen molar-refractivity contribution in [1.29, 1.82) is 0 Å². The monoisotopic (exact) mass is 547 g/mol. The molecule has 3 heterocycles. The van der Waals surface area contributed by atoms with Gasteiger partial charge in [0.05, 0.1) is 5.52 Å². The summed E-state index contributed by atoms with van der Waals surface area (Å²) in [5.41, 5.74) is 2.37. The first kappa shape index (κ1) is 27.4. The number of nitrogens with one attached hydrogen (secondary N) is 1. The molecule has 2 aromatic heterocycles. The first-order valence-corrected chi connectivity index (χ1v) is 13.7. The highest BCUT2D eigenvalue weighted by Gasteiger charge is 2.30. The molecule has 1 N–H and O–H groups in total. The predicted octanol–water partition coefficient (Wildman–Crippen LogP) is 2.72. The normalized spacial score (nSPS) is 15.7. The fourth-order valence-corrected chi connectivity index (χ4v) is 5.06. The number of amides is 2. The van der Waals surface area contributed by atoms with Crippen molar-refractivity contribution in [1.82, 2.24) is 24.3 Å². The minimum atomic E-state index is -0.299. The molecule has 1 aromatic carbocycles. The first-order chi connectivity index (χ1) is 19.1. The number of pyridine rings is 1. The van der Waals surface area contributed by atoms with Crippen LogP contribution in [0.25, 0.3) is 10.9 Å². The van der Waals surface area contributed by atoms with Gasteiger partial charge >= 0.3 is 0 Å². The fraction of sp³-hybridized carbons (Fsp3) is 0.483. The second kappa shape index (κ2) is 11.1. The van der Waals surface area contributed by atoms with Crippen molar-refractivity contribution >= 4 is 40.2 Å². The Balaban J connectivity index is 1.39. The molecule has 2 aliphatic rings. The van der Waals surface area contributed by atoms with E-state index in [9.17, 15) is 14.4 Å². The Bertz CT molecular complexity index is 1490. The number of aryl methyl sites for hydroxylation is 1. The summed E-state index contributed by atoms with van der Waals surface area (Å²) in [6.45, 7) is 1.26. The molecule has 3 aromatic rings. The van der Waals surface area contributed by atoms with Crippen molar-refractivity contribution in [2.24, 2.45) is 13.0 Å². The van der Waals surface area contributed by atoms with E-state index in [0.29, 0.717) is 11.9 Å². The minimum Gasteiger partial charge on any atom is -0.478 e. The van der Waals surface area contributed by atoms with Crippen LogP contribution >= 0.6 is 0 Å². The van der Waals surface area contributed by atoms with Gasteiger partial charge in [-0.3, -0.25) is 14.4 Å². The van der Waals surface area contributed by atoms with Crippen LogP contribution < -0.4 is 20.5 Å². The number of ether oxygens (including phenoxy) is 1. The van der Waals surface area contributed by atoms with E-state index in [1.807, 2.05) is 24.4 Å². The Morgan fingerprint density at radius 2 is 1.77 bits per heavy atom. The minimum absolute atomic E-state index is 0.0398. The van der Waals surface area contributed by atoms with Crippen molar-refractivity contribution in [3.05, 3.63) is 46.4 Å². The van der Waals surface area contributed by atoms with Crippen LogP contribution in [-0.2, 0) is 16.6 Å². The Hall–Kier alpha value is -4.15. The van der Waals surface area contributed by atoms with Gasteiger partial charge in [-0.2, -0.15) is 4.98 Å². The van der Waals surface area contributed by atoms with Gasteiger partial charge in [-0.25, -0.2) is 4.98 Å². The van der Waals surface area contributed by atoms with Gasteiger partial charge in [0.25, 0.3) is 11.5 Å². The van der Waals surface area contributed by atoms with Crippen LogP contribution in [0.2, 0.25) is 0 Å². The number of rotatable bonds is 8. The summed E-state index contributed by atoms with van der Waals surface area (Å²) < 4.78 is 7.11. The highest BCUT2D eigenvalue weighted by Crippen LogP contribution is 2.43. The SMILES string of the molecule is CN(C)C(=O)COc1cc2cc(Nc3nc(N4CCC(C(=O)N(C)C)CC4)ncc3C3CC3)ccc2n(C)c1=O. The van der Waals surface area contributed by atoms with Gasteiger partial charge in [0, 0.05) is 77.1 Å². The van der Waals surface area contributed by atoms with Crippen LogP contribution in [0.15, 0.2) is 35.3 Å². The number of carbonyl (C=O) groups is 2. The zero-order chi connectivity index (χ0) is 28.6. The molecule has 11 nitrogen and oxygen atoms in total. The highest BCUT2D eigenvalue weighted by molar-refractivity contribution is 5.85. The summed E-state index contributed by atoms with van der Waals surface area (Å²) in [5.74, 6) is 2.00. The van der Waals surface area contributed by atoms with E-state index in [2.05, 4.69) is 10.2 Å². The maximum Gasteiger partial charge on any atom is 0.293 e. The molecule has 11 heteroatoms. The molecule has 1 saturated heterocycles. The molecule has 40 heavy (non-hydrogen) atoms. The third-order valence-electron chi connectivity index (χ3n) is 7.69. The number of aromatic nitrogens is 3. The third-order valence-corrected chi connectivity index (χ3v) is 7.69. The standard InChI is InChI=1S/C29H37N7O4/c1-33(2)25(37)17-40-24-15-20-14-21(8-9-23(20)35(5)28(24)39)31-26-22(18-6-7-18)16-30-29(32-26)36-12-10-19(11-13-36)27(38)34(3)4/h8-9,14-16,18-19H,6-7,10-13,17H2,1-5H3,(H,30,31,32). The first-order valence-electron chi connectivity index (χ1n) is 13.7. The molecular weight excluding hydrogens is 510 g/mol. The molecule has 1 aliphatic carbocycles. The summed E-state index contributed by atoms with van der Waals surface area (Å²) in [7, 11) is 8.59. The quantitative estimate of drug-likeness (QED) is 0.458. The zero-order valence-electron chi connectivity index (χ0n) is 23.8. The largest absolute Gasteiger partial charge is 0.478 e. The number of nitrogens with zero attached hydrogens (tertiary/aromatic N) is 6. The van der Waals surface area contributed by atoms with Gasteiger partial charge in [-0.15, -0.1) is 0 Å². The molecule has 2 amide bonds. The molecule has 1 aliphatic heterocycles. The molecule has 2 fully saturated rings. The fourth-order valence-electron chi connectivity index (χ4n) is 5.06. The highest BCUT2D eigenvalue weighted by atomic mass is 16.5. The second-order valence-corrected chi connectivity index (χ2v) is 11.1. The molecule has 1 saturated carbocycles. The lowest BCUT2D eigenvalue weighted by molar-refractivity contribution is -0.133. The molecular formula is C29H37N7O4. The smallest absolute Gasteiger partial charge is 0.293 e. The number of piperidine rings is 1. The topological polar surface area (TPSA) is 113 Å². The lowest BCUT2D eigenvalue weighted by Crippen LogP contribution is -2.40. The van der Waals surface area contributed by atoms with E-state index in [1.165, 1.54) is 9.47 Å². The zero-order valence-corrected chi connectivity index (χ0v) is 23.8. The maximum absolute atomic E-state index is 12.8. The average molecular weight is 548 g/mol. The Labute approximate surface area is 233 Å². The summed E-state index contributed by atoms with van der Waals surface area (Å²) in [5, 5.41) is 4.30. The number of likely N-dealkylation sites (N-methyl/N-ethyl adjacent to an activating group) is 1. The lowest BCUT2D eigenvalue weighted by Gasteiger charge is -2.32. The van der Waals surface area contributed by atoms with Gasteiger partial charge in [0.1, 0.15) is 5.82 Å². The van der Waals surface area contributed by atoms with E-state index in [0.717, 1.165) is 66.7 Å². The van der Waals surface area contributed by atoms with Gasteiger partial charge < -0.3 is 29.3 Å². The Morgan fingerprint density at radius 3 is 2.42 bits per heavy atom. The molecule has 0 radical (unpaired) electrons. The van der Waals surface area contributed by atoms with Crippen molar-refractivity contribution in [3.63, 3.8) is 0 Å². The van der Waals surface area contributed by atoms with E-state index in [-0.39, 0.29) is 35.6 Å². The molecule has 212 valence electrons. The van der Waals surface area contributed by atoms with Crippen LogP contribution in [0.5, 0.6) is 5.75 Å². The molecule has 5 rings (SSSR count). The van der Waals surface area contributed by atoms with Crippen LogP contribution in [-0.4, -0.2) is 84.0 Å². The van der Waals surface area contributed by atoms with Crippen LogP contribution in [0.3, 0.4) is 0 Å². The van der Waals surface area contributed by atoms with Crippen molar-refractivity contribution < 1.29 is 14.3 Å². The number of benzene rings is 1. The van der Waals surface area contributed by atoms with E-state index >= 15 is 0 Å². The Kier molecular flexibility index (Phi) is 7.64. The number of hydrogen-bond donors (Lipinski definition) is 1. The van der Waals surface area contributed by atoms with Gasteiger partial charge in [0.2, 0.25) is 11.9 Å². The molecule has 0 unspecified atom stereocenters. The Morgan fingerprint density at radius 1 is 1.05 bits per heavy atom.